The highest BCUT2D eigenvalue weighted by atomic mass is 35.5. The number of benzene rings is 1. The highest BCUT2D eigenvalue weighted by Crippen LogP contribution is 2.22. The van der Waals surface area contributed by atoms with Crippen LogP contribution in [0.3, 0.4) is 0 Å². The molecule has 0 unspecified atom stereocenters. The van der Waals surface area contributed by atoms with Gasteiger partial charge in [-0.1, -0.05) is 29.8 Å². The minimum atomic E-state index is -0.814. The fourth-order valence-electron chi connectivity index (χ4n) is 1.39. The van der Waals surface area contributed by atoms with E-state index in [-0.39, 0.29) is 5.82 Å². The van der Waals surface area contributed by atoms with Crippen molar-refractivity contribution in [2.75, 3.05) is 0 Å². The molecule has 2 rings (SSSR count). The lowest BCUT2D eigenvalue weighted by Crippen LogP contribution is -2.00. The molecule has 0 aliphatic rings. The Kier molecular flexibility index (Phi) is 3.17. The second-order valence-electron chi connectivity index (χ2n) is 3.37. The summed E-state index contributed by atoms with van der Waals surface area (Å²) in [6.45, 7) is 0. The summed E-state index contributed by atoms with van der Waals surface area (Å²) in [7, 11) is 0. The van der Waals surface area contributed by atoms with E-state index in [1.807, 2.05) is 0 Å². The third kappa shape index (κ3) is 2.38. The molecule has 0 amide bonds. The molecule has 82 valence electrons. The molecule has 0 saturated carbocycles. The van der Waals surface area contributed by atoms with E-state index in [2.05, 4.69) is 4.98 Å². The van der Waals surface area contributed by atoms with Crippen molar-refractivity contribution in [1.29, 1.82) is 0 Å². The summed E-state index contributed by atoms with van der Waals surface area (Å²) >= 11 is 5.64. The molecular weight excluding hydrogens is 229 g/mol. The summed E-state index contributed by atoms with van der Waals surface area (Å²) in [6, 6.07) is 8.97. The molecule has 0 aliphatic carbocycles. The second-order valence-corrected chi connectivity index (χ2v) is 3.76. The van der Waals surface area contributed by atoms with E-state index in [1.54, 1.807) is 12.1 Å². The molecule has 0 fully saturated rings. The van der Waals surface area contributed by atoms with Crippen LogP contribution in [0.5, 0.6) is 0 Å². The van der Waals surface area contributed by atoms with E-state index in [9.17, 15) is 9.50 Å². The van der Waals surface area contributed by atoms with Crippen molar-refractivity contribution in [2.45, 2.75) is 6.10 Å². The van der Waals surface area contributed by atoms with Crippen LogP contribution in [0.4, 0.5) is 4.39 Å². The molecule has 1 aromatic heterocycles. The van der Waals surface area contributed by atoms with E-state index in [0.717, 1.165) is 0 Å². The van der Waals surface area contributed by atoms with Gasteiger partial charge in [0.05, 0.1) is 0 Å². The van der Waals surface area contributed by atoms with Gasteiger partial charge < -0.3 is 5.11 Å². The summed E-state index contributed by atoms with van der Waals surface area (Å²) in [6.07, 6.45) is 0.682. The van der Waals surface area contributed by atoms with Gasteiger partial charge in [0.1, 0.15) is 17.1 Å². The largest absolute Gasteiger partial charge is 0.384 e. The van der Waals surface area contributed by atoms with Crippen LogP contribution in [0.15, 0.2) is 42.6 Å². The van der Waals surface area contributed by atoms with Gasteiger partial charge >= 0.3 is 0 Å². The Hall–Kier alpha value is -1.45. The van der Waals surface area contributed by atoms with Crippen molar-refractivity contribution in [3.63, 3.8) is 0 Å². The van der Waals surface area contributed by atoms with Crippen LogP contribution in [0.2, 0.25) is 5.15 Å². The molecule has 2 nitrogen and oxygen atoms in total. The average molecular weight is 238 g/mol. The van der Waals surface area contributed by atoms with Crippen molar-refractivity contribution in [3.05, 3.63) is 64.7 Å². The van der Waals surface area contributed by atoms with E-state index in [0.29, 0.717) is 16.3 Å². The number of pyridine rings is 1. The van der Waals surface area contributed by atoms with Crippen LogP contribution in [0, 0.1) is 5.82 Å². The van der Waals surface area contributed by atoms with E-state index in [4.69, 9.17) is 11.6 Å². The van der Waals surface area contributed by atoms with Crippen LogP contribution in [0.1, 0.15) is 17.2 Å². The van der Waals surface area contributed by atoms with Crippen molar-refractivity contribution in [2.24, 2.45) is 0 Å². The first kappa shape index (κ1) is 11.0. The van der Waals surface area contributed by atoms with Gasteiger partial charge in [-0.25, -0.2) is 9.37 Å². The van der Waals surface area contributed by atoms with Crippen LogP contribution >= 0.6 is 11.6 Å². The standard InChI is InChI=1S/C12H9ClFNO/c13-11-6-3-9(7-15-11)12(16)8-1-4-10(14)5-2-8/h1-7,12,16H/t12-/m0/s1. The van der Waals surface area contributed by atoms with Gasteiger partial charge in [0.15, 0.2) is 0 Å². The molecule has 4 heteroatoms. The number of aromatic nitrogens is 1. The molecule has 1 heterocycles. The lowest BCUT2D eigenvalue weighted by Gasteiger charge is -2.10. The summed E-state index contributed by atoms with van der Waals surface area (Å²) in [5, 5.41) is 10.3. The van der Waals surface area contributed by atoms with Crippen molar-refractivity contribution in [1.82, 2.24) is 4.98 Å². The van der Waals surface area contributed by atoms with E-state index in [1.165, 1.54) is 30.5 Å². The molecule has 1 atom stereocenters. The predicted octanol–water partition coefficient (Wildman–Crippen LogP) is 2.96. The normalized spacial score (nSPS) is 12.4. The Morgan fingerprint density at radius 1 is 1.06 bits per heavy atom. The highest BCUT2D eigenvalue weighted by molar-refractivity contribution is 6.29. The van der Waals surface area contributed by atoms with Crippen molar-refractivity contribution >= 4 is 11.6 Å². The lowest BCUT2D eigenvalue weighted by atomic mass is 10.0. The smallest absolute Gasteiger partial charge is 0.129 e. The zero-order valence-electron chi connectivity index (χ0n) is 8.27. The fraction of sp³-hybridized carbons (Fsp3) is 0.0833. The van der Waals surface area contributed by atoms with Crippen molar-refractivity contribution < 1.29 is 9.50 Å². The number of halogens is 2. The maximum absolute atomic E-state index is 12.7. The van der Waals surface area contributed by atoms with E-state index >= 15 is 0 Å². The van der Waals surface area contributed by atoms with Crippen LogP contribution in [-0.4, -0.2) is 10.1 Å². The number of hydrogen-bond donors (Lipinski definition) is 1. The Labute approximate surface area is 97.3 Å². The first-order valence-electron chi connectivity index (χ1n) is 4.72. The number of aliphatic hydroxyl groups is 1. The summed E-state index contributed by atoms with van der Waals surface area (Å²) in [5.74, 6) is -0.329. The molecule has 1 N–H and O–H groups in total. The minimum Gasteiger partial charge on any atom is -0.384 e. The molecular formula is C12H9ClFNO. The average Bonchev–Trinajstić information content (AvgIpc) is 2.30. The predicted molar refractivity (Wildman–Crippen MR) is 59.7 cm³/mol. The van der Waals surface area contributed by atoms with Gasteiger partial charge in [-0.05, 0) is 23.8 Å². The van der Waals surface area contributed by atoms with Gasteiger partial charge in [-0.2, -0.15) is 0 Å². The second kappa shape index (κ2) is 4.60. The molecule has 0 spiro atoms. The summed E-state index contributed by atoms with van der Waals surface area (Å²) in [4.78, 5) is 3.87. The topological polar surface area (TPSA) is 33.1 Å². The SMILES string of the molecule is O[C@@H](c1ccc(F)cc1)c1ccc(Cl)nc1. The maximum atomic E-state index is 12.7. The zero-order chi connectivity index (χ0) is 11.5. The van der Waals surface area contributed by atoms with Gasteiger partial charge in [0, 0.05) is 11.8 Å². The number of nitrogens with zero attached hydrogens (tertiary/aromatic N) is 1. The van der Waals surface area contributed by atoms with E-state index < -0.39 is 6.10 Å². The monoisotopic (exact) mass is 237 g/mol. The van der Waals surface area contributed by atoms with Gasteiger partial charge in [-0.15, -0.1) is 0 Å². The lowest BCUT2D eigenvalue weighted by molar-refractivity contribution is 0.220. The third-order valence-electron chi connectivity index (χ3n) is 2.25. The van der Waals surface area contributed by atoms with Gasteiger partial charge in [-0.3, -0.25) is 0 Å². The van der Waals surface area contributed by atoms with Gasteiger partial charge in [0.2, 0.25) is 0 Å². The summed E-state index contributed by atoms with van der Waals surface area (Å²) in [5.41, 5.74) is 1.24. The Morgan fingerprint density at radius 3 is 2.25 bits per heavy atom. The molecule has 1 aromatic carbocycles. The first-order chi connectivity index (χ1) is 7.66. The molecule has 0 bridgehead atoms. The Morgan fingerprint density at radius 2 is 1.69 bits per heavy atom. The zero-order valence-corrected chi connectivity index (χ0v) is 9.03. The molecule has 16 heavy (non-hydrogen) atoms. The Balaban J connectivity index is 2.28. The quantitative estimate of drug-likeness (QED) is 0.815. The minimum absolute atomic E-state index is 0.329. The van der Waals surface area contributed by atoms with Crippen LogP contribution in [0.25, 0.3) is 0 Å². The van der Waals surface area contributed by atoms with Crippen molar-refractivity contribution in [3.8, 4) is 0 Å². The number of hydrogen-bond acceptors (Lipinski definition) is 2. The molecule has 0 saturated heterocycles. The first-order valence-corrected chi connectivity index (χ1v) is 5.09. The number of rotatable bonds is 2. The molecule has 0 radical (unpaired) electrons. The molecule has 0 aliphatic heterocycles. The third-order valence-corrected chi connectivity index (χ3v) is 2.48. The fourth-order valence-corrected chi connectivity index (χ4v) is 1.50. The number of aliphatic hydroxyl groups excluding tert-OH is 1. The Bertz CT molecular complexity index is 424. The summed E-state index contributed by atoms with van der Waals surface area (Å²) < 4.78 is 12.7. The molecule has 2 aromatic rings. The maximum Gasteiger partial charge on any atom is 0.129 e. The van der Waals surface area contributed by atoms with Gasteiger partial charge in [0.25, 0.3) is 0 Å². The highest BCUT2D eigenvalue weighted by Gasteiger charge is 2.10. The van der Waals surface area contributed by atoms with Crippen LogP contribution < -0.4 is 0 Å². The van der Waals surface area contributed by atoms with Crippen LogP contribution in [-0.2, 0) is 0 Å².